The van der Waals surface area contributed by atoms with Gasteiger partial charge >= 0.3 is 0 Å². The number of aliphatic imine (C=N–C) groups is 1. The molecule has 0 aromatic heterocycles. The molecular formula is C24H27NO. The molecule has 4 rings (SSSR count). The van der Waals surface area contributed by atoms with Crippen molar-refractivity contribution in [3.05, 3.63) is 59.4 Å². The monoisotopic (exact) mass is 345 g/mol. The predicted octanol–water partition coefficient (Wildman–Crippen LogP) is 6.87. The second-order valence-electron chi connectivity index (χ2n) is 8.19. The van der Waals surface area contributed by atoms with Crippen LogP contribution in [0.25, 0.3) is 12.2 Å². The highest BCUT2D eigenvalue weighted by atomic mass is 16.5. The van der Waals surface area contributed by atoms with Gasteiger partial charge in [0.1, 0.15) is 17.2 Å². The molecule has 2 unspecified atom stereocenters. The Bertz CT molecular complexity index is 899. The van der Waals surface area contributed by atoms with E-state index >= 15 is 0 Å². The SMILES string of the molecule is CCC1(C)C=Cc2cc3c(cc2C=C1)OC1=CCC(C)(CC)C=CC1=N3. The third kappa shape index (κ3) is 2.98. The second-order valence-corrected chi connectivity index (χ2v) is 8.19. The molecule has 0 N–H and O–H groups in total. The van der Waals surface area contributed by atoms with Crippen molar-refractivity contribution in [2.45, 2.75) is 47.0 Å². The topological polar surface area (TPSA) is 21.6 Å². The zero-order valence-corrected chi connectivity index (χ0v) is 16.2. The van der Waals surface area contributed by atoms with Crippen LogP contribution in [0, 0.1) is 10.8 Å². The molecule has 2 atom stereocenters. The minimum Gasteiger partial charge on any atom is -0.453 e. The normalized spacial score (nSPS) is 28.8. The van der Waals surface area contributed by atoms with E-state index in [1.165, 1.54) is 11.1 Å². The molecule has 134 valence electrons. The molecule has 2 heteroatoms. The number of benzene rings is 1. The number of allylic oxidation sites excluding steroid dienone is 5. The summed E-state index contributed by atoms with van der Waals surface area (Å²) < 4.78 is 6.26. The van der Waals surface area contributed by atoms with Crippen molar-refractivity contribution in [2.24, 2.45) is 15.8 Å². The van der Waals surface area contributed by atoms with E-state index in [1.807, 2.05) is 0 Å². The maximum absolute atomic E-state index is 6.26. The largest absolute Gasteiger partial charge is 0.453 e. The summed E-state index contributed by atoms with van der Waals surface area (Å²) in [6.45, 7) is 9.01. The van der Waals surface area contributed by atoms with Crippen LogP contribution in [0.1, 0.15) is 58.1 Å². The Labute approximate surface area is 156 Å². The van der Waals surface area contributed by atoms with E-state index in [0.29, 0.717) is 0 Å². The fourth-order valence-corrected chi connectivity index (χ4v) is 3.47. The highest BCUT2D eigenvalue weighted by molar-refractivity contribution is 6.10. The summed E-state index contributed by atoms with van der Waals surface area (Å²) in [7, 11) is 0. The Hall–Kier alpha value is -2.35. The van der Waals surface area contributed by atoms with Gasteiger partial charge in [-0.2, -0.15) is 0 Å². The molecule has 3 aliphatic rings. The standard InChI is InChI=1S/C24H27NO/c1-5-23(3)11-7-17-15-20-22(16-18(17)8-12-23)26-21-10-14-24(4,6-2)13-9-19(21)25-20/h7-13,15-16H,5-6,14H2,1-4H3. The van der Waals surface area contributed by atoms with Crippen LogP contribution in [0.5, 0.6) is 5.75 Å². The molecule has 0 spiro atoms. The Balaban J connectivity index is 1.76. The number of nitrogens with zero attached hydrogens (tertiary/aromatic N) is 1. The fourth-order valence-electron chi connectivity index (χ4n) is 3.47. The van der Waals surface area contributed by atoms with Crippen LogP contribution in [0.15, 0.2) is 53.3 Å². The fraction of sp³-hybridized carbons (Fsp3) is 0.375. The van der Waals surface area contributed by atoms with Gasteiger partial charge in [-0.15, -0.1) is 0 Å². The molecule has 0 fully saturated rings. The van der Waals surface area contributed by atoms with Crippen LogP contribution in [0.4, 0.5) is 5.69 Å². The maximum atomic E-state index is 6.26. The first kappa shape index (κ1) is 17.1. The number of hydrogen-bond acceptors (Lipinski definition) is 2. The van der Waals surface area contributed by atoms with Gasteiger partial charge in [0.05, 0.1) is 0 Å². The molecule has 2 aliphatic carbocycles. The summed E-state index contributed by atoms with van der Waals surface area (Å²) in [6.07, 6.45) is 18.8. The number of hydrogen-bond donors (Lipinski definition) is 0. The molecule has 1 heterocycles. The van der Waals surface area contributed by atoms with E-state index in [9.17, 15) is 0 Å². The third-order valence-corrected chi connectivity index (χ3v) is 6.13. The molecule has 26 heavy (non-hydrogen) atoms. The van der Waals surface area contributed by atoms with Crippen molar-refractivity contribution in [3.8, 4) is 5.75 Å². The number of rotatable bonds is 2. The Morgan fingerprint density at radius 2 is 1.69 bits per heavy atom. The van der Waals surface area contributed by atoms with Crippen LogP contribution in [-0.4, -0.2) is 5.71 Å². The van der Waals surface area contributed by atoms with Crippen molar-refractivity contribution < 1.29 is 4.74 Å². The predicted molar refractivity (Wildman–Crippen MR) is 111 cm³/mol. The van der Waals surface area contributed by atoms with Gasteiger partial charge < -0.3 is 4.74 Å². The third-order valence-electron chi connectivity index (χ3n) is 6.13. The van der Waals surface area contributed by atoms with Crippen LogP contribution >= 0.6 is 0 Å². The summed E-state index contributed by atoms with van der Waals surface area (Å²) >= 11 is 0. The van der Waals surface area contributed by atoms with E-state index in [0.717, 1.165) is 42.2 Å². The highest BCUT2D eigenvalue weighted by Gasteiger charge is 2.26. The van der Waals surface area contributed by atoms with Crippen LogP contribution in [0.3, 0.4) is 0 Å². The number of fused-ring (bicyclic) bond motifs is 3. The van der Waals surface area contributed by atoms with Crippen molar-refractivity contribution in [3.63, 3.8) is 0 Å². The lowest BCUT2D eigenvalue weighted by Gasteiger charge is -2.21. The van der Waals surface area contributed by atoms with Gasteiger partial charge in [0.2, 0.25) is 0 Å². The second kappa shape index (κ2) is 6.12. The molecule has 0 amide bonds. The quantitative estimate of drug-likeness (QED) is 0.573. The summed E-state index contributed by atoms with van der Waals surface area (Å²) in [5.41, 5.74) is 4.52. The van der Waals surface area contributed by atoms with E-state index in [4.69, 9.17) is 9.73 Å². The number of ether oxygens (including phenoxy) is 1. The molecule has 0 saturated carbocycles. The maximum Gasteiger partial charge on any atom is 0.153 e. The van der Waals surface area contributed by atoms with Gasteiger partial charge in [0.15, 0.2) is 5.75 Å². The highest BCUT2D eigenvalue weighted by Crippen LogP contribution is 2.41. The smallest absolute Gasteiger partial charge is 0.153 e. The average molecular weight is 345 g/mol. The van der Waals surface area contributed by atoms with E-state index in [2.05, 4.69) is 82.4 Å². The minimum absolute atomic E-state index is 0.105. The zero-order chi connectivity index (χ0) is 18.4. The van der Waals surface area contributed by atoms with Gasteiger partial charge in [0, 0.05) is 5.41 Å². The average Bonchev–Trinajstić information content (AvgIpc) is 2.92. The van der Waals surface area contributed by atoms with Crippen molar-refractivity contribution in [1.29, 1.82) is 0 Å². The molecule has 0 saturated heterocycles. The van der Waals surface area contributed by atoms with Gasteiger partial charge in [-0.05, 0) is 60.1 Å². The van der Waals surface area contributed by atoms with Crippen LogP contribution < -0.4 is 4.74 Å². The lowest BCUT2D eigenvalue weighted by Crippen LogP contribution is -2.10. The van der Waals surface area contributed by atoms with Crippen molar-refractivity contribution >= 4 is 23.6 Å². The van der Waals surface area contributed by atoms with Gasteiger partial charge in [-0.3, -0.25) is 0 Å². The Morgan fingerprint density at radius 1 is 0.962 bits per heavy atom. The summed E-state index contributed by atoms with van der Waals surface area (Å²) in [6, 6.07) is 4.27. The lowest BCUT2D eigenvalue weighted by molar-refractivity contribution is 0.405. The molecule has 1 aromatic carbocycles. The minimum atomic E-state index is 0.105. The molecule has 0 bridgehead atoms. The molecule has 1 aliphatic heterocycles. The summed E-state index contributed by atoms with van der Waals surface area (Å²) in [4.78, 5) is 4.90. The summed E-state index contributed by atoms with van der Waals surface area (Å²) in [5.74, 6) is 1.74. The molecule has 2 nitrogen and oxygen atoms in total. The van der Waals surface area contributed by atoms with E-state index in [-0.39, 0.29) is 10.8 Å². The first-order valence-corrected chi connectivity index (χ1v) is 9.66. The zero-order valence-electron chi connectivity index (χ0n) is 16.2. The molecule has 1 aromatic rings. The van der Waals surface area contributed by atoms with Crippen molar-refractivity contribution in [1.82, 2.24) is 0 Å². The van der Waals surface area contributed by atoms with Crippen LogP contribution in [-0.2, 0) is 0 Å². The van der Waals surface area contributed by atoms with Crippen LogP contribution in [0.2, 0.25) is 0 Å². The Morgan fingerprint density at radius 3 is 2.38 bits per heavy atom. The lowest BCUT2D eigenvalue weighted by atomic mass is 9.84. The first-order chi connectivity index (χ1) is 12.4. The van der Waals surface area contributed by atoms with E-state index < -0.39 is 0 Å². The van der Waals surface area contributed by atoms with Gasteiger partial charge in [-0.25, -0.2) is 4.99 Å². The summed E-state index contributed by atoms with van der Waals surface area (Å²) in [5, 5.41) is 0. The molecular weight excluding hydrogens is 318 g/mol. The van der Waals surface area contributed by atoms with E-state index in [1.54, 1.807) is 0 Å². The van der Waals surface area contributed by atoms with Gasteiger partial charge in [-0.1, -0.05) is 58.1 Å². The van der Waals surface area contributed by atoms with Gasteiger partial charge in [0.25, 0.3) is 0 Å². The van der Waals surface area contributed by atoms with Crippen molar-refractivity contribution in [2.75, 3.05) is 0 Å². The molecule has 0 radical (unpaired) electrons. The Kier molecular flexibility index (Phi) is 4.02. The first-order valence-electron chi connectivity index (χ1n) is 9.66.